The Morgan fingerprint density at radius 3 is 2.25 bits per heavy atom. The molecule has 20 heavy (non-hydrogen) atoms. The molecule has 0 fully saturated rings. The molecule has 0 unspecified atom stereocenters. The van der Waals surface area contributed by atoms with Crippen LogP contribution >= 0.6 is 0 Å². The van der Waals surface area contributed by atoms with Gasteiger partial charge in [-0.3, -0.25) is 14.9 Å². The number of rotatable bonds is 11. The maximum Gasteiger partial charge on any atom is 0.170 e. The number of aliphatic hydroxyl groups excluding tert-OH is 3. The first-order chi connectivity index (χ1) is 9.37. The summed E-state index contributed by atoms with van der Waals surface area (Å²) in [6, 6.07) is 0. The van der Waals surface area contributed by atoms with E-state index in [1.807, 2.05) is 0 Å². The van der Waals surface area contributed by atoms with Gasteiger partial charge in [0, 0.05) is 13.0 Å². The van der Waals surface area contributed by atoms with E-state index < -0.39 is 36.4 Å². The van der Waals surface area contributed by atoms with Crippen molar-refractivity contribution in [3.63, 3.8) is 0 Å². The summed E-state index contributed by atoms with van der Waals surface area (Å²) >= 11 is 0. The molecule has 0 heterocycles. The summed E-state index contributed by atoms with van der Waals surface area (Å²) in [7, 11) is 0. The molecule has 0 spiro atoms. The Kier molecular flexibility index (Phi) is 9.06. The molecule has 8 nitrogen and oxygen atoms in total. The van der Waals surface area contributed by atoms with Gasteiger partial charge in [-0.05, 0) is 6.54 Å². The van der Waals surface area contributed by atoms with Crippen molar-refractivity contribution in [2.75, 3.05) is 19.7 Å². The lowest BCUT2D eigenvalue weighted by Gasteiger charge is -2.38. The number of hydroxylamine groups is 1. The van der Waals surface area contributed by atoms with Crippen LogP contribution in [0.1, 0.15) is 27.2 Å². The first-order valence-corrected chi connectivity index (χ1v) is 6.73. The van der Waals surface area contributed by atoms with Crippen molar-refractivity contribution in [3.8, 4) is 0 Å². The van der Waals surface area contributed by atoms with Crippen LogP contribution in [0.5, 0.6) is 0 Å². The normalized spacial score (nSPS) is 19.1. The maximum atomic E-state index is 11.5. The van der Waals surface area contributed by atoms with Gasteiger partial charge in [-0.2, -0.15) is 0 Å². The predicted octanol–water partition coefficient (Wildman–Crippen LogP) is -2.11. The topological polar surface area (TPSA) is 131 Å². The summed E-state index contributed by atoms with van der Waals surface area (Å²) in [6.45, 7) is 4.84. The van der Waals surface area contributed by atoms with Crippen LogP contribution in [0.2, 0.25) is 0 Å². The molecule has 0 aliphatic carbocycles. The summed E-state index contributed by atoms with van der Waals surface area (Å²) in [5.74, 6) is -0.584. The molecule has 120 valence electrons. The van der Waals surface area contributed by atoms with E-state index in [1.165, 1.54) is 0 Å². The Bertz CT molecular complexity index is 291. The number of aliphatic hydroxyl groups is 4. The van der Waals surface area contributed by atoms with Gasteiger partial charge in [-0.1, -0.05) is 20.8 Å². The molecule has 0 aliphatic rings. The summed E-state index contributed by atoms with van der Waals surface area (Å²) in [6.07, 6.45) is -4.80. The third-order valence-corrected chi connectivity index (χ3v) is 2.86. The molecule has 0 amide bonds. The van der Waals surface area contributed by atoms with Crippen LogP contribution in [0.25, 0.3) is 0 Å². The van der Waals surface area contributed by atoms with Crippen molar-refractivity contribution in [1.82, 2.24) is 10.8 Å². The van der Waals surface area contributed by atoms with E-state index in [-0.39, 0.29) is 13.0 Å². The van der Waals surface area contributed by atoms with E-state index in [0.717, 1.165) is 0 Å². The lowest BCUT2D eigenvalue weighted by Crippen LogP contribution is -2.65. The summed E-state index contributed by atoms with van der Waals surface area (Å²) in [4.78, 5) is 16.5. The lowest BCUT2D eigenvalue weighted by atomic mass is 9.95. The number of carbonyl (C=O) groups is 1. The monoisotopic (exact) mass is 294 g/mol. The molecule has 0 aromatic rings. The molecule has 0 rings (SSSR count). The van der Waals surface area contributed by atoms with Crippen LogP contribution < -0.4 is 10.8 Å². The number of nitrogens with one attached hydrogen (secondary N) is 2. The first-order valence-electron chi connectivity index (χ1n) is 6.73. The molecule has 0 aromatic heterocycles. The second-order valence-corrected chi connectivity index (χ2v) is 4.40. The van der Waals surface area contributed by atoms with E-state index in [0.29, 0.717) is 6.54 Å². The average Bonchev–Trinajstić information content (AvgIpc) is 2.45. The number of hydrogen-bond donors (Lipinski definition) is 6. The standard InChI is InChI=1S/C12H26N2O6/c1-4-8(16)9(17)10(18)11(20-14-6-3)12(19,7-15)13-5-2/h9-11,13-15,17-19H,4-7H2,1-3H3/t9-,10+,11-,12+/m0/s1. The van der Waals surface area contributed by atoms with Gasteiger partial charge in [0.25, 0.3) is 0 Å². The third kappa shape index (κ3) is 5.06. The van der Waals surface area contributed by atoms with Crippen molar-refractivity contribution in [2.45, 2.75) is 51.2 Å². The second kappa shape index (κ2) is 9.35. The smallest absolute Gasteiger partial charge is 0.170 e. The van der Waals surface area contributed by atoms with Gasteiger partial charge < -0.3 is 20.4 Å². The Balaban J connectivity index is 5.15. The Morgan fingerprint density at radius 1 is 1.25 bits per heavy atom. The van der Waals surface area contributed by atoms with Gasteiger partial charge in [0.15, 0.2) is 17.6 Å². The minimum absolute atomic E-state index is 0.0327. The van der Waals surface area contributed by atoms with Crippen LogP contribution in [0.15, 0.2) is 0 Å². The number of Topliss-reactive ketones (excluding diaryl/α,β-unsaturated/α-hetero) is 1. The lowest BCUT2D eigenvalue weighted by molar-refractivity contribution is -0.222. The van der Waals surface area contributed by atoms with E-state index in [2.05, 4.69) is 10.8 Å². The fourth-order valence-corrected chi connectivity index (χ4v) is 1.74. The van der Waals surface area contributed by atoms with Crippen LogP contribution in [0.4, 0.5) is 0 Å². The minimum atomic E-state index is -1.99. The summed E-state index contributed by atoms with van der Waals surface area (Å²) in [5, 5.41) is 42.0. The van der Waals surface area contributed by atoms with Gasteiger partial charge in [-0.15, -0.1) is 0 Å². The highest BCUT2D eigenvalue weighted by molar-refractivity contribution is 5.83. The summed E-state index contributed by atoms with van der Waals surface area (Å²) < 4.78 is 0. The van der Waals surface area contributed by atoms with Gasteiger partial charge in [-0.25, -0.2) is 5.48 Å². The minimum Gasteiger partial charge on any atom is -0.392 e. The molecule has 0 radical (unpaired) electrons. The van der Waals surface area contributed by atoms with Crippen molar-refractivity contribution >= 4 is 5.78 Å². The van der Waals surface area contributed by atoms with Crippen LogP contribution in [0, 0.1) is 0 Å². The largest absolute Gasteiger partial charge is 0.392 e. The highest BCUT2D eigenvalue weighted by atomic mass is 16.7. The molecule has 4 atom stereocenters. The molecule has 8 heteroatoms. The Morgan fingerprint density at radius 2 is 1.85 bits per heavy atom. The fraction of sp³-hybridized carbons (Fsp3) is 0.917. The van der Waals surface area contributed by atoms with Crippen LogP contribution in [-0.2, 0) is 9.63 Å². The molecular weight excluding hydrogens is 268 g/mol. The van der Waals surface area contributed by atoms with Crippen molar-refractivity contribution in [1.29, 1.82) is 0 Å². The van der Waals surface area contributed by atoms with Crippen molar-refractivity contribution in [3.05, 3.63) is 0 Å². The number of ketones is 1. The molecule has 0 saturated heterocycles. The van der Waals surface area contributed by atoms with Crippen molar-refractivity contribution < 1.29 is 30.1 Å². The van der Waals surface area contributed by atoms with Gasteiger partial charge in [0.2, 0.25) is 0 Å². The van der Waals surface area contributed by atoms with Crippen LogP contribution in [0.3, 0.4) is 0 Å². The molecule has 0 bridgehead atoms. The number of likely N-dealkylation sites (N-methyl/N-ethyl adjacent to an activating group) is 1. The highest BCUT2D eigenvalue weighted by Crippen LogP contribution is 2.17. The average molecular weight is 294 g/mol. The van der Waals surface area contributed by atoms with E-state index in [1.54, 1.807) is 20.8 Å². The fourth-order valence-electron chi connectivity index (χ4n) is 1.74. The SMILES string of the molecule is CCNO[C@@H]([C@H](O)[C@@H](O)C(=O)CC)[C@](O)(CO)NCC. The molecule has 0 aliphatic heterocycles. The Labute approximate surface area is 118 Å². The maximum absolute atomic E-state index is 11.5. The predicted molar refractivity (Wildman–Crippen MR) is 71.6 cm³/mol. The zero-order valence-electron chi connectivity index (χ0n) is 12.2. The molecular formula is C12H26N2O6. The zero-order chi connectivity index (χ0) is 15.8. The second-order valence-electron chi connectivity index (χ2n) is 4.40. The van der Waals surface area contributed by atoms with E-state index in [9.17, 15) is 25.2 Å². The quantitative estimate of drug-likeness (QED) is 0.188. The molecule has 0 saturated carbocycles. The van der Waals surface area contributed by atoms with Crippen LogP contribution in [-0.4, -0.2) is 69.9 Å². The first kappa shape index (κ1) is 19.4. The molecule has 6 N–H and O–H groups in total. The molecule has 0 aromatic carbocycles. The number of carbonyl (C=O) groups excluding carboxylic acids is 1. The van der Waals surface area contributed by atoms with Gasteiger partial charge in [0.05, 0.1) is 6.61 Å². The third-order valence-electron chi connectivity index (χ3n) is 2.86. The number of hydrogen-bond acceptors (Lipinski definition) is 8. The van der Waals surface area contributed by atoms with E-state index >= 15 is 0 Å². The zero-order valence-corrected chi connectivity index (χ0v) is 12.2. The van der Waals surface area contributed by atoms with Gasteiger partial charge in [0.1, 0.15) is 12.2 Å². The van der Waals surface area contributed by atoms with Crippen molar-refractivity contribution in [2.24, 2.45) is 0 Å². The Hall–Kier alpha value is -0.610. The highest BCUT2D eigenvalue weighted by Gasteiger charge is 2.45. The van der Waals surface area contributed by atoms with E-state index in [4.69, 9.17) is 4.84 Å². The van der Waals surface area contributed by atoms with Gasteiger partial charge >= 0.3 is 0 Å². The summed E-state index contributed by atoms with van der Waals surface area (Å²) in [5.41, 5.74) is 0.451.